The summed E-state index contributed by atoms with van der Waals surface area (Å²) in [4.78, 5) is 24.4. The number of nitrogens with zero attached hydrogens (tertiary/aromatic N) is 1. The first-order chi connectivity index (χ1) is 6.69. The molecule has 0 atom stereocenters. The van der Waals surface area contributed by atoms with E-state index >= 15 is 0 Å². The molecule has 0 bridgehead atoms. The van der Waals surface area contributed by atoms with E-state index in [4.69, 9.17) is 0 Å². The van der Waals surface area contributed by atoms with Crippen LogP contribution in [0.1, 0.15) is 12.8 Å². The molecule has 5 heteroatoms. The zero-order valence-corrected chi connectivity index (χ0v) is 7.88. The Morgan fingerprint density at radius 3 is 2.64 bits per heavy atom. The van der Waals surface area contributed by atoms with Gasteiger partial charge in [0, 0.05) is 25.6 Å². The van der Waals surface area contributed by atoms with Crippen LogP contribution in [0, 0.1) is 5.92 Å². The van der Waals surface area contributed by atoms with E-state index in [0.717, 1.165) is 12.8 Å². The minimum atomic E-state index is -0.151. The third-order valence-electron chi connectivity index (χ3n) is 3.19. The summed E-state index contributed by atoms with van der Waals surface area (Å²) in [7, 11) is 0. The number of likely N-dealkylation sites (tertiary alicyclic amines) is 1. The van der Waals surface area contributed by atoms with Crippen LogP contribution in [0.5, 0.6) is 0 Å². The molecule has 2 N–H and O–H groups in total. The van der Waals surface area contributed by atoms with Gasteiger partial charge in [-0.2, -0.15) is 0 Å². The van der Waals surface area contributed by atoms with Gasteiger partial charge in [0.05, 0.1) is 5.54 Å². The van der Waals surface area contributed by atoms with Gasteiger partial charge < -0.3 is 15.5 Å². The van der Waals surface area contributed by atoms with Crippen LogP contribution >= 0.6 is 0 Å². The lowest BCUT2D eigenvalue weighted by Gasteiger charge is -2.47. The largest absolute Gasteiger partial charge is 0.337 e. The molecule has 1 saturated carbocycles. The van der Waals surface area contributed by atoms with E-state index in [-0.39, 0.29) is 23.4 Å². The van der Waals surface area contributed by atoms with E-state index in [2.05, 4.69) is 10.6 Å². The topological polar surface area (TPSA) is 61.4 Å². The summed E-state index contributed by atoms with van der Waals surface area (Å²) < 4.78 is 0. The van der Waals surface area contributed by atoms with E-state index in [1.54, 1.807) is 0 Å². The standard InChI is InChI=1S/C9H13N3O2/c13-7(6-1-2-6)12-4-9(5-12)3-10-8(14)11-9/h6H,1-5H2,(H2,10,11,14). The van der Waals surface area contributed by atoms with Gasteiger partial charge in [-0.25, -0.2) is 4.79 Å². The summed E-state index contributed by atoms with van der Waals surface area (Å²) in [5, 5.41) is 5.60. The molecule has 3 amide bonds. The van der Waals surface area contributed by atoms with E-state index in [9.17, 15) is 9.59 Å². The maximum Gasteiger partial charge on any atom is 0.315 e. The monoisotopic (exact) mass is 195 g/mol. The molecule has 3 aliphatic rings. The molecule has 3 rings (SSSR count). The maximum absolute atomic E-state index is 11.6. The number of carbonyl (C=O) groups excluding carboxylic acids is 2. The van der Waals surface area contributed by atoms with Crippen molar-refractivity contribution in [1.82, 2.24) is 15.5 Å². The molecule has 0 aromatic rings. The van der Waals surface area contributed by atoms with Crippen LogP contribution in [0.25, 0.3) is 0 Å². The summed E-state index contributed by atoms with van der Waals surface area (Å²) in [6, 6.07) is -0.108. The van der Waals surface area contributed by atoms with Crippen molar-refractivity contribution in [3.63, 3.8) is 0 Å². The SMILES string of the molecule is O=C1NCC2(CN(C(=O)C3CC3)C2)N1. The van der Waals surface area contributed by atoms with Gasteiger partial charge in [-0.05, 0) is 12.8 Å². The zero-order chi connectivity index (χ0) is 9.76. The zero-order valence-electron chi connectivity index (χ0n) is 7.88. The van der Waals surface area contributed by atoms with Crippen molar-refractivity contribution in [3.05, 3.63) is 0 Å². The highest BCUT2D eigenvalue weighted by molar-refractivity contribution is 5.84. The summed E-state index contributed by atoms with van der Waals surface area (Å²) in [6.45, 7) is 2.02. The predicted molar refractivity (Wildman–Crippen MR) is 48.6 cm³/mol. The molecular weight excluding hydrogens is 182 g/mol. The first-order valence-electron chi connectivity index (χ1n) is 5.03. The van der Waals surface area contributed by atoms with E-state index < -0.39 is 0 Å². The highest BCUT2D eigenvalue weighted by Gasteiger charge is 2.51. The Balaban J connectivity index is 1.59. The van der Waals surface area contributed by atoms with Crippen LogP contribution in [0.3, 0.4) is 0 Å². The molecule has 2 aliphatic heterocycles. The van der Waals surface area contributed by atoms with Crippen molar-refractivity contribution in [2.45, 2.75) is 18.4 Å². The van der Waals surface area contributed by atoms with Gasteiger partial charge in [-0.1, -0.05) is 0 Å². The fourth-order valence-corrected chi connectivity index (χ4v) is 2.20. The Morgan fingerprint density at radius 2 is 2.14 bits per heavy atom. The van der Waals surface area contributed by atoms with Gasteiger partial charge in [0.2, 0.25) is 5.91 Å². The highest BCUT2D eigenvalue weighted by atomic mass is 16.2. The number of nitrogens with one attached hydrogen (secondary N) is 2. The molecular formula is C9H13N3O2. The van der Waals surface area contributed by atoms with Crippen molar-refractivity contribution in [2.24, 2.45) is 5.92 Å². The highest BCUT2D eigenvalue weighted by Crippen LogP contribution is 2.34. The summed E-state index contributed by atoms with van der Waals surface area (Å²) in [5.41, 5.74) is -0.151. The molecule has 1 aliphatic carbocycles. The fraction of sp³-hybridized carbons (Fsp3) is 0.778. The quantitative estimate of drug-likeness (QED) is 0.580. The predicted octanol–water partition coefficient (Wildman–Crippen LogP) is -0.710. The molecule has 76 valence electrons. The van der Waals surface area contributed by atoms with Crippen LogP contribution in [-0.4, -0.2) is 42.0 Å². The number of urea groups is 1. The van der Waals surface area contributed by atoms with Crippen LogP contribution in [0.15, 0.2) is 0 Å². The van der Waals surface area contributed by atoms with E-state index in [1.807, 2.05) is 4.90 Å². The Kier molecular flexibility index (Phi) is 1.39. The van der Waals surface area contributed by atoms with Crippen molar-refractivity contribution in [3.8, 4) is 0 Å². The normalized spacial score (nSPS) is 28.3. The maximum atomic E-state index is 11.6. The first kappa shape index (κ1) is 8.08. The van der Waals surface area contributed by atoms with Crippen molar-refractivity contribution >= 4 is 11.9 Å². The third-order valence-corrected chi connectivity index (χ3v) is 3.19. The number of carbonyl (C=O) groups is 2. The molecule has 0 aromatic carbocycles. The number of rotatable bonds is 1. The van der Waals surface area contributed by atoms with Gasteiger partial charge in [0.1, 0.15) is 0 Å². The molecule has 0 unspecified atom stereocenters. The van der Waals surface area contributed by atoms with Crippen molar-refractivity contribution in [2.75, 3.05) is 19.6 Å². The van der Waals surface area contributed by atoms with Crippen LogP contribution in [0.4, 0.5) is 4.79 Å². The second-order valence-electron chi connectivity index (χ2n) is 4.56. The summed E-state index contributed by atoms with van der Waals surface area (Å²) in [6.07, 6.45) is 2.10. The molecule has 14 heavy (non-hydrogen) atoms. The minimum Gasteiger partial charge on any atom is -0.337 e. The summed E-state index contributed by atoms with van der Waals surface area (Å²) in [5.74, 6) is 0.564. The number of hydrogen-bond donors (Lipinski definition) is 2. The van der Waals surface area contributed by atoms with E-state index in [1.165, 1.54) is 0 Å². The van der Waals surface area contributed by atoms with Gasteiger partial charge in [0.15, 0.2) is 0 Å². The Labute approximate surface area is 81.8 Å². The summed E-state index contributed by atoms with van der Waals surface area (Å²) >= 11 is 0. The van der Waals surface area contributed by atoms with Crippen molar-refractivity contribution in [1.29, 1.82) is 0 Å². The van der Waals surface area contributed by atoms with Crippen LogP contribution in [0.2, 0.25) is 0 Å². The second kappa shape index (κ2) is 2.40. The third kappa shape index (κ3) is 1.08. The molecule has 5 nitrogen and oxygen atoms in total. The first-order valence-corrected chi connectivity index (χ1v) is 5.03. The minimum absolute atomic E-state index is 0.108. The fourth-order valence-electron chi connectivity index (χ4n) is 2.20. The molecule has 0 radical (unpaired) electrons. The van der Waals surface area contributed by atoms with Crippen LogP contribution < -0.4 is 10.6 Å². The molecule has 1 spiro atoms. The average molecular weight is 195 g/mol. The number of hydrogen-bond acceptors (Lipinski definition) is 2. The smallest absolute Gasteiger partial charge is 0.315 e. The molecule has 2 heterocycles. The second-order valence-corrected chi connectivity index (χ2v) is 4.56. The molecule has 0 aromatic heterocycles. The molecule has 2 saturated heterocycles. The van der Waals surface area contributed by atoms with E-state index in [0.29, 0.717) is 19.6 Å². The van der Waals surface area contributed by atoms with Gasteiger partial charge in [-0.3, -0.25) is 4.79 Å². The lowest BCUT2D eigenvalue weighted by Crippen LogP contribution is -2.70. The van der Waals surface area contributed by atoms with Crippen molar-refractivity contribution < 1.29 is 9.59 Å². The Bertz CT molecular complexity index is 305. The van der Waals surface area contributed by atoms with Gasteiger partial charge in [0.25, 0.3) is 0 Å². The Hall–Kier alpha value is -1.26. The van der Waals surface area contributed by atoms with Gasteiger partial charge in [-0.15, -0.1) is 0 Å². The van der Waals surface area contributed by atoms with Crippen LogP contribution in [-0.2, 0) is 4.79 Å². The average Bonchev–Trinajstić information content (AvgIpc) is 2.85. The lowest BCUT2D eigenvalue weighted by atomic mass is 9.90. The lowest BCUT2D eigenvalue weighted by molar-refractivity contribution is -0.140. The number of amides is 3. The Morgan fingerprint density at radius 1 is 1.43 bits per heavy atom. The van der Waals surface area contributed by atoms with Gasteiger partial charge >= 0.3 is 6.03 Å². The molecule has 3 fully saturated rings.